The zero-order chi connectivity index (χ0) is 21.6. The number of nitrogens with one attached hydrogen (secondary N) is 2. The molecule has 2 N–H and O–H groups in total. The molecule has 0 aromatic rings. The van der Waals surface area contributed by atoms with Crippen molar-refractivity contribution in [3.8, 4) is 0 Å². The Labute approximate surface area is 182 Å². The molecule has 0 bridgehead atoms. The minimum absolute atomic E-state index is 0.0780. The quantitative estimate of drug-likeness (QED) is 0.712. The number of hydrogen-bond acceptors (Lipinski definition) is 5. The second kappa shape index (κ2) is 10.8. The molecule has 30 heavy (non-hydrogen) atoms. The molecule has 2 heterocycles. The van der Waals surface area contributed by atoms with Crippen LogP contribution in [0.2, 0.25) is 0 Å². The number of carbonyl (C=O) groups is 2. The van der Waals surface area contributed by atoms with Crippen LogP contribution in [0.5, 0.6) is 0 Å². The average Bonchev–Trinajstić information content (AvgIpc) is 2.72. The van der Waals surface area contributed by atoms with Gasteiger partial charge in [-0.25, -0.2) is 4.79 Å². The minimum Gasteiger partial charge on any atom is -0.444 e. The van der Waals surface area contributed by atoms with Crippen LogP contribution >= 0.6 is 0 Å². The van der Waals surface area contributed by atoms with Gasteiger partial charge in [-0.2, -0.15) is 0 Å². The summed E-state index contributed by atoms with van der Waals surface area (Å²) in [6.07, 6.45) is 7.52. The summed E-state index contributed by atoms with van der Waals surface area (Å²) in [6, 6.07) is -0.462. The Balaban J connectivity index is 1.55. The fourth-order valence-electron chi connectivity index (χ4n) is 5.06. The summed E-state index contributed by atoms with van der Waals surface area (Å²) in [5, 5.41) is 6.38. The van der Waals surface area contributed by atoms with E-state index in [1.54, 1.807) is 0 Å². The van der Waals surface area contributed by atoms with Gasteiger partial charge in [0.15, 0.2) is 0 Å². The smallest absolute Gasteiger partial charge is 0.408 e. The summed E-state index contributed by atoms with van der Waals surface area (Å²) in [6.45, 7) is 12.3. The fourth-order valence-corrected chi connectivity index (χ4v) is 5.06. The van der Waals surface area contributed by atoms with Gasteiger partial charge in [-0.3, -0.25) is 9.69 Å². The third-order valence-corrected chi connectivity index (χ3v) is 6.72. The second-order valence-corrected chi connectivity index (χ2v) is 10.3. The zero-order valence-corrected chi connectivity index (χ0v) is 19.3. The average molecular weight is 423 g/mol. The number of carbonyl (C=O) groups excluding carboxylic acids is 2. The number of piperidine rings is 1. The van der Waals surface area contributed by atoms with Crippen molar-refractivity contribution in [2.24, 2.45) is 11.8 Å². The van der Waals surface area contributed by atoms with Gasteiger partial charge < -0.3 is 20.3 Å². The van der Waals surface area contributed by atoms with Crippen LogP contribution in [0.1, 0.15) is 65.7 Å². The van der Waals surface area contributed by atoms with Gasteiger partial charge in [0.25, 0.3) is 0 Å². The minimum atomic E-state index is -0.565. The van der Waals surface area contributed by atoms with E-state index in [1.807, 2.05) is 25.7 Å². The SMILES string of the molecule is CC(C)(C)OC(=O)N[C@@H](C(=O)N1CCN(CC2CCNCC2)CC1)C1CCCCC1. The zero-order valence-electron chi connectivity index (χ0n) is 19.3. The van der Waals surface area contributed by atoms with E-state index < -0.39 is 17.7 Å². The molecule has 2 aliphatic heterocycles. The van der Waals surface area contributed by atoms with Crippen LogP contribution in [0.4, 0.5) is 4.79 Å². The van der Waals surface area contributed by atoms with Gasteiger partial charge in [0, 0.05) is 32.7 Å². The van der Waals surface area contributed by atoms with Crippen molar-refractivity contribution in [2.75, 3.05) is 45.8 Å². The van der Waals surface area contributed by atoms with Gasteiger partial charge in [0.05, 0.1) is 0 Å². The van der Waals surface area contributed by atoms with E-state index in [-0.39, 0.29) is 11.8 Å². The number of rotatable bonds is 5. The summed E-state index contributed by atoms with van der Waals surface area (Å²) in [4.78, 5) is 30.4. The summed E-state index contributed by atoms with van der Waals surface area (Å²) in [5.74, 6) is 1.07. The summed E-state index contributed by atoms with van der Waals surface area (Å²) < 4.78 is 5.46. The Bertz CT molecular complexity index is 557. The van der Waals surface area contributed by atoms with Crippen LogP contribution in [0.15, 0.2) is 0 Å². The molecule has 0 aromatic carbocycles. The van der Waals surface area contributed by atoms with Crippen molar-refractivity contribution in [3.05, 3.63) is 0 Å². The molecule has 0 unspecified atom stereocenters. The van der Waals surface area contributed by atoms with E-state index in [2.05, 4.69) is 15.5 Å². The highest BCUT2D eigenvalue weighted by Gasteiger charge is 2.36. The van der Waals surface area contributed by atoms with Crippen LogP contribution in [-0.2, 0) is 9.53 Å². The number of piperazine rings is 1. The monoisotopic (exact) mass is 422 g/mol. The summed E-state index contributed by atoms with van der Waals surface area (Å²) in [5.41, 5.74) is -0.565. The lowest BCUT2D eigenvalue weighted by molar-refractivity contribution is -0.137. The molecule has 3 rings (SSSR count). The van der Waals surface area contributed by atoms with E-state index in [4.69, 9.17) is 4.74 Å². The topological polar surface area (TPSA) is 73.9 Å². The number of amides is 2. The van der Waals surface area contributed by atoms with Gasteiger partial charge >= 0.3 is 6.09 Å². The van der Waals surface area contributed by atoms with Crippen LogP contribution in [0, 0.1) is 11.8 Å². The van der Waals surface area contributed by atoms with Crippen molar-refractivity contribution >= 4 is 12.0 Å². The van der Waals surface area contributed by atoms with E-state index in [9.17, 15) is 9.59 Å². The Morgan fingerprint density at radius 1 is 1.00 bits per heavy atom. The first-order valence-corrected chi connectivity index (χ1v) is 12.0. The van der Waals surface area contributed by atoms with Crippen molar-refractivity contribution in [1.29, 1.82) is 0 Å². The highest BCUT2D eigenvalue weighted by molar-refractivity contribution is 5.86. The van der Waals surface area contributed by atoms with Gasteiger partial charge in [-0.05, 0) is 71.4 Å². The summed E-state index contributed by atoms with van der Waals surface area (Å²) in [7, 11) is 0. The van der Waals surface area contributed by atoms with E-state index in [1.165, 1.54) is 19.3 Å². The Kier molecular flexibility index (Phi) is 8.40. The third kappa shape index (κ3) is 7.12. The molecular formula is C23H42N4O3. The highest BCUT2D eigenvalue weighted by atomic mass is 16.6. The number of nitrogens with zero attached hydrogens (tertiary/aromatic N) is 2. The molecule has 2 saturated heterocycles. The van der Waals surface area contributed by atoms with Crippen LogP contribution < -0.4 is 10.6 Å². The lowest BCUT2D eigenvalue weighted by atomic mass is 9.83. The molecule has 1 aliphatic carbocycles. The molecule has 172 valence electrons. The van der Waals surface area contributed by atoms with Gasteiger partial charge in [0.1, 0.15) is 11.6 Å². The van der Waals surface area contributed by atoms with Crippen LogP contribution in [-0.4, -0.2) is 79.3 Å². The Morgan fingerprint density at radius 2 is 1.63 bits per heavy atom. The third-order valence-electron chi connectivity index (χ3n) is 6.72. The maximum Gasteiger partial charge on any atom is 0.408 e. The second-order valence-electron chi connectivity index (χ2n) is 10.3. The first kappa shape index (κ1) is 23.3. The maximum absolute atomic E-state index is 13.4. The molecular weight excluding hydrogens is 380 g/mol. The molecule has 0 spiro atoms. The Hall–Kier alpha value is -1.34. The maximum atomic E-state index is 13.4. The molecule has 3 aliphatic rings. The van der Waals surface area contributed by atoms with Gasteiger partial charge in [-0.1, -0.05) is 19.3 Å². The molecule has 7 nitrogen and oxygen atoms in total. The first-order chi connectivity index (χ1) is 14.3. The predicted molar refractivity (Wildman–Crippen MR) is 118 cm³/mol. The number of ether oxygens (including phenoxy) is 1. The molecule has 3 fully saturated rings. The molecule has 2 amide bonds. The summed E-state index contributed by atoms with van der Waals surface area (Å²) >= 11 is 0. The van der Waals surface area contributed by atoms with E-state index in [0.29, 0.717) is 0 Å². The largest absolute Gasteiger partial charge is 0.444 e. The highest BCUT2D eigenvalue weighted by Crippen LogP contribution is 2.28. The van der Waals surface area contributed by atoms with Crippen LogP contribution in [0.3, 0.4) is 0 Å². The number of alkyl carbamates (subject to hydrolysis) is 1. The number of hydrogen-bond donors (Lipinski definition) is 2. The molecule has 1 saturated carbocycles. The lowest BCUT2D eigenvalue weighted by Gasteiger charge is -2.40. The molecule has 0 radical (unpaired) electrons. The Morgan fingerprint density at radius 3 is 2.23 bits per heavy atom. The van der Waals surface area contributed by atoms with Crippen molar-refractivity contribution in [3.63, 3.8) is 0 Å². The van der Waals surface area contributed by atoms with E-state index >= 15 is 0 Å². The first-order valence-electron chi connectivity index (χ1n) is 12.0. The molecule has 7 heteroatoms. The van der Waals surface area contributed by atoms with Gasteiger partial charge in [0.2, 0.25) is 5.91 Å². The normalized spacial score (nSPS) is 23.8. The van der Waals surface area contributed by atoms with Gasteiger partial charge in [-0.15, -0.1) is 0 Å². The standard InChI is InChI=1S/C23H42N4O3/c1-23(2,3)30-22(29)25-20(19-7-5-4-6-8-19)21(28)27-15-13-26(14-16-27)17-18-9-11-24-12-10-18/h18-20,24H,4-17H2,1-3H3,(H,25,29)/t20-/m1/s1. The van der Waals surface area contributed by atoms with Crippen molar-refractivity contribution in [1.82, 2.24) is 20.4 Å². The predicted octanol–water partition coefficient (Wildman–Crippen LogP) is 2.60. The fraction of sp³-hybridized carbons (Fsp3) is 0.913. The molecule has 1 atom stereocenters. The molecule has 0 aromatic heterocycles. The van der Waals surface area contributed by atoms with Crippen molar-refractivity contribution < 1.29 is 14.3 Å². The van der Waals surface area contributed by atoms with Crippen molar-refractivity contribution in [2.45, 2.75) is 77.4 Å². The van der Waals surface area contributed by atoms with E-state index in [0.717, 1.165) is 77.4 Å². The van der Waals surface area contributed by atoms with Crippen LogP contribution in [0.25, 0.3) is 0 Å². The lowest BCUT2D eigenvalue weighted by Crippen LogP contribution is -2.58.